The molecule has 5 nitrogen and oxygen atoms in total. The highest BCUT2D eigenvalue weighted by Gasteiger charge is 2.40. The summed E-state index contributed by atoms with van der Waals surface area (Å²) in [6, 6.07) is 0.982. The minimum atomic E-state index is -0.196. The van der Waals surface area contributed by atoms with Crippen molar-refractivity contribution in [3.63, 3.8) is 0 Å². The van der Waals surface area contributed by atoms with Gasteiger partial charge in [0.1, 0.15) is 0 Å². The van der Waals surface area contributed by atoms with Gasteiger partial charge in [-0.3, -0.25) is 14.6 Å². The van der Waals surface area contributed by atoms with E-state index in [2.05, 4.69) is 16.2 Å². The largest absolute Gasteiger partial charge is 0.393 e. The maximum Gasteiger partial charge on any atom is 0.234 e. The Morgan fingerprint density at radius 3 is 2.60 bits per heavy atom. The third-order valence-electron chi connectivity index (χ3n) is 5.28. The summed E-state index contributed by atoms with van der Waals surface area (Å²) in [5, 5.41) is 9.84. The molecule has 3 aliphatic rings. The quantitative estimate of drug-likeness (QED) is 0.768. The second kappa shape index (κ2) is 6.00. The Balaban J connectivity index is 1.55. The number of carbonyl (C=O) groups excluding carboxylic acids is 1. The first kappa shape index (κ1) is 14.3. The van der Waals surface area contributed by atoms with Gasteiger partial charge in [0.25, 0.3) is 0 Å². The molecule has 113 valence electrons. The Morgan fingerprint density at radius 1 is 1.25 bits per heavy atom. The number of hydrogen-bond donors (Lipinski definition) is 2. The topological polar surface area (TPSA) is 69.8 Å². The van der Waals surface area contributed by atoms with Crippen molar-refractivity contribution in [2.45, 2.75) is 62.8 Å². The summed E-state index contributed by atoms with van der Waals surface area (Å²) in [7, 11) is 0. The van der Waals surface area contributed by atoms with Crippen molar-refractivity contribution in [2.75, 3.05) is 19.6 Å². The summed E-state index contributed by atoms with van der Waals surface area (Å²) in [6.07, 6.45) is 8.19. The van der Waals surface area contributed by atoms with Crippen molar-refractivity contribution in [1.82, 2.24) is 9.80 Å². The number of primary amides is 1. The van der Waals surface area contributed by atoms with Gasteiger partial charge in [0.15, 0.2) is 0 Å². The van der Waals surface area contributed by atoms with Crippen molar-refractivity contribution < 1.29 is 9.90 Å². The van der Waals surface area contributed by atoms with Gasteiger partial charge >= 0.3 is 0 Å². The normalized spacial score (nSPS) is 39.0. The predicted octanol–water partition coefficient (Wildman–Crippen LogP) is 0.128. The summed E-state index contributed by atoms with van der Waals surface area (Å²) in [4.78, 5) is 16.3. The van der Waals surface area contributed by atoms with Gasteiger partial charge in [-0.1, -0.05) is 0 Å². The minimum absolute atomic E-state index is 0.105. The fourth-order valence-electron chi connectivity index (χ4n) is 4.26. The van der Waals surface area contributed by atoms with Crippen LogP contribution in [0.15, 0.2) is 0 Å². The smallest absolute Gasteiger partial charge is 0.234 e. The fraction of sp³-hybridized carbons (Fsp3) is 0.867. The standard InChI is InChI=1S/C15H26N3O2/c16-15(20)14-3-1-2-6-17(14)7-8-18-11-4-5-12(18)10-13(19)9-11/h1,11-14,19H,2-10H2,(H2,16,20). The molecule has 3 rings (SSSR count). The lowest BCUT2D eigenvalue weighted by Gasteiger charge is -2.40. The van der Waals surface area contributed by atoms with Gasteiger partial charge in [-0.05, 0) is 51.5 Å². The van der Waals surface area contributed by atoms with E-state index in [0.29, 0.717) is 12.1 Å². The molecule has 3 atom stereocenters. The van der Waals surface area contributed by atoms with Crippen molar-refractivity contribution in [2.24, 2.45) is 5.73 Å². The van der Waals surface area contributed by atoms with Crippen LogP contribution in [-0.4, -0.2) is 64.7 Å². The molecule has 3 unspecified atom stereocenters. The number of amides is 1. The molecule has 0 aromatic rings. The van der Waals surface area contributed by atoms with E-state index in [-0.39, 0.29) is 18.1 Å². The Labute approximate surface area is 121 Å². The molecule has 2 bridgehead atoms. The SMILES string of the molecule is NC(=O)C1C[CH]CCN1CCN1C2CCC1CC(O)C2. The summed E-state index contributed by atoms with van der Waals surface area (Å²) in [5.41, 5.74) is 5.50. The molecule has 1 amide bonds. The van der Waals surface area contributed by atoms with Crippen LogP contribution < -0.4 is 5.73 Å². The van der Waals surface area contributed by atoms with Gasteiger partial charge in [0.05, 0.1) is 12.1 Å². The van der Waals surface area contributed by atoms with Gasteiger partial charge in [-0.2, -0.15) is 0 Å². The number of aliphatic hydroxyl groups is 1. The van der Waals surface area contributed by atoms with E-state index in [1.54, 1.807) is 0 Å². The molecule has 0 aromatic heterocycles. The van der Waals surface area contributed by atoms with Gasteiger partial charge in [0, 0.05) is 25.2 Å². The molecule has 5 heteroatoms. The number of piperidine rings is 2. The Hall–Kier alpha value is -0.650. The summed E-state index contributed by atoms with van der Waals surface area (Å²) in [6.45, 7) is 2.87. The first-order valence-corrected chi connectivity index (χ1v) is 7.94. The fourth-order valence-corrected chi connectivity index (χ4v) is 4.26. The van der Waals surface area contributed by atoms with Crippen molar-refractivity contribution >= 4 is 5.91 Å². The molecule has 3 heterocycles. The molecular weight excluding hydrogens is 254 g/mol. The number of fused-ring (bicyclic) bond motifs is 2. The number of carbonyl (C=O) groups is 1. The van der Waals surface area contributed by atoms with Crippen LogP contribution in [-0.2, 0) is 4.79 Å². The van der Waals surface area contributed by atoms with Crippen LogP contribution in [0.5, 0.6) is 0 Å². The lowest BCUT2D eigenvalue weighted by molar-refractivity contribution is -0.124. The third-order valence-corrected chi connectivity index (χ3v) is 5.28. The highest BCUT2D eigenvalue weighted by molar-refractivity contribution is 5.80. The lowest BCUT2D eigenvalue weighted by Crippen LogP contribution is -2.52. The van der Waals surface area contributed by atoms with E-state index >= 15 is 0 Å². The van der Waals surface area contributed by atoms with Crippen molar-refractivity contribution in [3.8, 4) is 0 Å². The molecule has 20 heavy (non-hydrogen) atoms. The van der Waals surface area contributed by atoms with E-state index in [9.17, 15) is 9.90 Å². The van der Waals surface area contributed by atoms with E-state index in [1.165, 1.54) is 12.8 Å². The number of hydrogen-bond acceptors (Lipinski definition) is 4. The number of nitrogens with zero attached hydrogens (tertiary/aromatic N) is 2. The summed E-state index contributed by atoms with van der Waals surface area (Å²) in [5.74, 6) is -0.196. The lowest BCUT2D eigenvalue weighted by atomic mass is 9.99. The first-order valence-electron chi connectivity index (χ1n) is 7.94. The molecule has 0 spiro atoms. The van der Waals surface area contributed by atoms with Gasteiger partial charge in [-0.15, -0.1) is 0 Å². The Bertz CT molecular complexity index is 349. The highest BCUT2D eigenvalue weighted by atomic mass is 16.3. The van der Waals surface area contributed by atoms with Crippen LogP contribution >= 0.6 is 0 Å². The third kappa shape index (κ3) is 2.85. The maximum atomic E-state index is 11.5. The van der Waals surface area contributed by atoms with E-state index in [0.717, 1.165) is 45.3 Å². The average molecular weight is 280 g/mol. The monoisotopic (exact) mass is 280 g/mol. The Morgan fingerprint density at radius 2 is 1.95 bits per heavy atom. The van der Waals surface area contributed by atoms with E-state index < -0.39 is 0 Å². The van der Waals surface area contributed by atoms with Crippen LogP contribution in [0.3, 0.4) is 0 Å². The van der Waals surface area contributed by atoms with E-state index in [4.69, 9.17) is 5.73 Å². The van der Waals surface area contributed by atoms with Gasteiger partial charge in [0.2, 0.25) is 5.91 Å². The molecule has 0 aliphatic carbocycles. The molecule has 0 saturated carbocycles. The second-order valence-electron chi connectivity index (χ2n) is 6.52. The van der Waals surface area contributed by atoms with Crippen LogP contribution in [0, 0.1) is 6.42 Å². The highest BCUT2D eigenvalue weighted by Crippen LogP contribution is 2.35. The predicted molar refractivity (Wildman–Crippen MR) is 76.8 cm³/mol. The number of rotatable bonds is 4. The molecule has 1 radical (unpaired) electrons. The molecule has 3 aliphatic heterocycles. The van der Waals surface area contributed by atoms with Crippen LogP contribution in [0.4, 0.5) is 0 Å². The van der Waals surface area contributed by atoms with Crippen LogP contribution in [0.1, 0.15) is 38.5 Å². The molecule has 3 N–H and O–H groups in total. The molecule has 3 fully saturated rings. The molecule has 3 saturated heterocycles. The average Bonchev–Trinajstić information content (AvgIpc) is 2.67. The van der Waals surface area contributed by atoms with Crippen molar-refractivity contribution in [3.05, 3.63) is 6.42 Å². The van der Waals surface area contributed by atoms with E-state index in [1.807, 2.05) is 0 Å². The Kier molecular flexibility index (Phi) is 4.29. The maximum absolute atomic E-state index is 11.5. The summed E-state index contributed by atoms with van der Waals surface area (Å²) < 4.78 is 0. The second-order valence-corrected chi connectivity index (χ2v) is 6.52. The number of likely N-dealkylation sites (tertiary alicyclic amines) is 1. The molecule has 0 aromatic carbocycles. The molecular formula is C15H26N3O2. The first-order chi connectivity index (χ1) is 9.65. The summed E-state index contributed by atoms with van der Waals surface area (Å²) >= 11 is 0. The minimum Gasteiger partial charge on any atom is -0.393 e. The zero-order valence-corrected chi connectivity index (χ0v) is 12.1. The van der Waals surface area contributed by atoms with Crippen LogP contribution in [0.2, 0.25) is 0 Å². The van der Waals surface area contributed by atoms with Gasteiger partial charge < -0.3 is 10.8 Å². The zero-order valence-electron chi connectivity index (χ0n) is 12.1. The zero-order chi connectivity index (χ0) is 14.1. The number of nitrogens with two attached hydrogens (primary N) is 1. The van der Waals surface area contributed by atoms with Gasteiger partial charge in [-0.25, -0.2) is 0 Å². The van der Waals surface area contributed by atoms with Crippen LogP contribution in [0.25, 0.3) is 0 Å². The van der Waals surface area contributed by atoms with Crippen molar-refractivity contribution in [1.29, 1.82) is 0 Å². The number of aliphatic hydroxyl groups excluding tert-OH is 1.